The van der Waals surface area contributed by atoms with Gasteiger partial charge in [0.2, 0.25) is 5.91 Å². The Balaban J connectivity index is 1.32. The van der Waals surface area contributed by atoms with E-state index in [1.165, 1.54) is 12.1 Å². The Morgan fingerprint density at radius 3 is 2.49 bits per heavy atom. The molecule has 0 aliphatic carbocycles. The van der Waals surface area contributed by atoms with Crippen LogP contribution in [0.3, 0.4) is 0 Å². The largest absolute Gasteiger partial charge is 0.486 e. The highest BCUT2D eigenvalue weighted by Gasteiger charge is 2.27. The molecule has 0 saturated carbocycles. The van der Waals surface area contributed by atoms with Crippen molar-refractivity contribution in [2.45, 2.75) is 45.1 Å². The van der Waals surface area contributed by atoms with E-state index in [0.717, 1.165) is 6.20 Å². The number of halogens is 3. The number of piperidine rings is 1. The van der Waals surface area contributed by atoms with E-state index in [0.29, 0.717) is 68.3 Å². The SMILES string of the molecule is CC(C)N1CCOc2c(F)cc(-c3nc(Cc4ccc(C5CCN(C(=O)CN(C)C)CC5)c(F)c4)ncc3F)cc21. The van der Waals surface area contributed by atoms with Gasteiger partial charge in [-0.3, -0.25) is 4.79 Å². The summed E-state index contributed by atoms with van der Waals surface area (Å²) in [6.07, 6.45) is 2.67. The van der Waals surface area contributed by atoms with Crippen molar-refractivity contribution in [1.82, 2.24) is 19.8 Å². The fourth-order valence-electron chi connectivity index (χ4n) is 5.67. The minimum absolute atomic E-state index is 0.0151. The third-order valence-electron chi connectivity index (χ3n) is 7.77. The zero-order valence-corrected chi connectivity index (χ0v) is 24.0. The summed E-state index contributed by atoms with van der Waals surface area (Å²) in [7, 11) is 3.73. The molecule has 0 radical (unpaired) electrons. The van der Waals surface area contributed by atoms with Gasteiger partial charge in [-0.2, -0.15) is 0 Å². The van der Waals surface area contributed by atoms with E-state index >= 15 is 4.39 Å². The molecule has 1 amide bonds. The third kappa shape index (κ3) is 6.32. The molecule has 3 heterocycles. The lowest BCUT2D eigenvalue weighted by atomic mass is 9.88. The molecule has 2 aliphatic rings. The second-order valence-corrected chi connectivity index (χ2v) is 11.4. The number of nitrogens with zero attached hydrogens (tertiary/aromatic N) is 5. The maximum absolute atomic E-state index is 15.2. The standard InChI is InChI=1S/C31H36F3N5O2/c1-19(2)39-11-12-41-31-25(33)15-22(16-27(31)39)30-26(34)17-35-28(36-30)14-20-5-6-23(24(32)13-20)21-7-9-38(10-8-21)29(40)18-37(3)4/h5-6,13,15-17,19,21H,7-12,14,18H2,1-4H3. The van der Waals surface area contributed by atoms with E-state index in [2.05, 4.69) is 9.97 Å². The molecule has 7 nitrogen and oxygen atoms in total. The number of aromatic nitrogens is 2. The summed E-state index contributed by atoms with van der Waals surface area (Å²) in [5, 5.41) is 0. The van der Waals surface area contributed by atoms with Crippen molar-refractivity contribution >= 4 is 11.6 Å². The van der Waals surface area contributed by atoms with Crippen molar-refractivity contribution in [2.24, 2.45) is 0 Å². The van der Waals surface area contributed by atoms with Crippen LogP contribution in [0.4, 0.5) is 18.9 Å². The predicted molar refractivity (Wildman–Crippen MR) is 152 cm³/mol. The lowest BCUT2D eigenvalue weighted by Crippen LogP contribution is -2.42. The van der Waals surface area contributed by atoms with Crippen LogP contribution in [0.2, 0.25) is 0 Å². The number of rotatable bonds is 7. The van der Waals surface area contributed by atoms with Crippen molar-refractivity contribution in [2.75, 3.05) is 51.8 Å². The van der Waals surface area contributed by atoms with Gasteiger partial charge >= 0.3 is 0 Å². The number of benzene rings is 2. The number of likely N-dealkylation sites (N-methyl/N-ethyl adjacent to an activating group) is 1. The highest BCUT2D eigenvalue weighted by atomic mass is 19.1. The van der Waals surface area contributed by atoms with Gasteiger partial charge in [0.25, 0.3) is 0 Å². The predicted octanol–water partition coefficient (Wildman–Crippen LogP) is 5.03. The summed E-state index contributed by atoms with van der Waals surface area (Å²) in [6.45, 7) is 6.56. The first-order chi connectivity index (χ1) is 19.6. The van der Waals surface area contributed by atoms with Crippen LogP contribution in [0.15, 0.2) is 36.5 Å². The number of hydrogen-bond donors (Lipinski definition) is 0. The van der Waals surface area contributed by atoms with Crippen molar-refractivity contribution < 1.29 is 22.7 Å². The van der Waals surface area contributed by atoms with Gasteiger partial charge in [0, 0.05) is 31.1 Å². The Morgan fingerprint density at radius 1 is 1.05 bits per heavy atom. The number of carbonyl (C=O) groups excluding carboxylic acids is 1. The maximum Gasteiger partial charge on any atom is 0.236 e. The van der Waals surface area contributed by atoms with Crippen LogP contribution in [0.5, 0.6) is 5.75 Å². The highest BCUT2D eigenvalue weighted by Crippen LogP contribution is 2.39. The van der Waals surface area contributed by atoms with Gasteiger partial charge in [0.05, 0.1) is 25.0 Å². The summed E-state index contributed by atoms with van der Waals surface area (Å²) in [5.74, 6) is -0.971. The van der Waals surface area contributed by atoms with Gasteiger partial charge in [0.1, 0.15) is 23.9 Å². The lowest BCUT2D eigenvalue weighted by Gasteiger charge is -2.34. The molecular formula is C31H36F3N5O2. The summed E-state index contributed by atoms with van der Waals surface area (Å²) in [4.78, 5) is 26.6. The molecule has 1 saturated heterocycles. The molecule has 218 valence electrons. The Morgan fingerprint density at radius 2 is 1.80 bits per heavy atom. The number of fused-ring (bicyclic) bond motifs is 1. The molecule has 0 N–H and O–H groups in total. The molecule has 1 aromatic heterocycles. The van der Waals surface area contributed by atoms with E-state index in [1.807, 2.05) is 48.7 Å². The number of anilines is 1. The third-order valence-corrected chi connectivity index (χ3v) is 7.77. The number of amides is 1. The summed E-state index contributed by atoms with van der Waals surface area (Å²) in [6, 6.07) is 8.13. The number of hydrogen-bond acceptors (Lipinski definition) is 6. The molecule has 1 fully saturated rings. The molecule has 0 atom stereocenters. The molecule has 0 bridgehead atoms. The summed E-state index contributed by atoms with van der Waals surface area (Å²) >= 11 is 0. The van der Waals surface area contributed by atoms with Gasteiger partial charge in [-0.1, -0.05) is 12.1 Å². The van der Waals surface area contributed by atoms with Crippen LogP contribution in [-0.4, -0.2) is 78.6 Å². The first kappa shape index (κ1) is 28.9. The zero-order chi connectivity index (χ0) is 29.3. The normalized spacial score (nSPS) is 15.8. The quantitative estimate of drug-likeness (QED) is 0.399. The second-order valence-electron chi connectivity index (χ2n) is 11.4. The van der Waals surface area contributed by atoms with E-state index in [1.54, 1.807) is 12.1 Å². The van der Waals surface area contributed by atoms with E-state index < -0.39 is 11.6 Å². The first-order valence-electron chi connectivity index (χ1n) is 14.1. The van der Waals surface area contributed by atoms with Crippen molar-refractivity contribution in [3.63, 3.8) is 0 Å². The second kappa shape index (κ2) is 12.1. The average Bonchev–Trinajstić information content (AvgIpc) is 2.93. The molecule has 0 unspecified atom stereocenters. The van der Waals surface area contributed by atoms with Crippen LogP contribution in [0, 0.1) is 17.5 Å². The van der Waals surface area contributed by atoms with Gasteiger partial charge < -0.3 is 19.4 Å². The molecular weight excluding hydrogens is 531 g/mol. The van der Waals surface area contributed by atoms with Crippen LogP contribution in [0.1, 0.15) is 49.6 Å². The molecule has 2 aromatic carbocycles. The molecule has 5 rings (SSSR count). The Bertz CT molecular complexity index is 1420. The van der Waals surface area contributed by atoms with E-state index in [-0.39, 0.29) is 47.1 Å². The van der Waals surface area contributed by atoms with Crippen molar-refractivity contribution in [3.8, 4) is 17.0 Å². The smallest absolute Gasteiger partial charge is 0.236 e. The van der Waals surface area contributed by atoms with Gasteiger partial charge in [0.15, 0.2) is 17.4 Å². The minimum atomic E-state index is -0.669. The van der Waals surface area contributed by atoms with Crippen LogP contribution in [-0.2, 0) is 11.2 Å². The Kier molecular flexibility index (Phi) is 8.49. The molecule has 0 spiro atoms. The van der Waals surface area contributed by atoms with Crippen LogP contribution >= 0.6 is 0 Å². The van der Waals surface area contributed by atoms with Crippen molar-refractivity contribution in [3.05, 3.63) is 70.9 Å². The van der Waals surface area contributed by atoms with Crippen LogP contribution < -0.4 is 9.64 Å². The van der Waals surface area contributed by atoms with Gasteiger partial charge in [-0.25, -0.2) is 23.1 Å². The molecule has 2 aliphatic heterocycles. The van der Waals surface area contributed by atoms with Gasteiger partial charge in [-0.15, -0.1) is 0 Å². The van der Waals surface area contributed by atoms with E-state index in [9.17, 15) is 13.6 Å². The molecule has 10 heteroatoms. The van der Waals surface area contributed by atoms with Gasteiger partial charge in [-0.05, 0) is 76.0 Å². The number of carbonyl (C=O) groups is 1. The minimum Gasteiger partial charge on any atom is -0.486 e. The zero-order valence-electron chi connectivity index (χ0n) is 24.0. The Labute approximate surface area is 238 Å². The fourth-order valence-corrected chi connectivity index (χ4v) is 5.67. The lowest BCUT2D eigenvalue weighted by molar-refractivity contribution is -0.132. The summed E-state index contributed by atoms with van der Waals surface area (Å²) in [5.41, 5.74) is 2.12. The molecule has 41 heavy (non-hydrogen) atoms. The highest BCUT2D eigenvalue weighted by molar-refractivity contribution is 5.78. The fraction of sp³-hybridized carbons (Fsp3) is 0.452. The topological polar surface area (TPSA) is 61.8 Å². The number of ether oxygens (including phenoxy) is 1. The Hall–Kier alpha value is -3.66. The monoisotopic (exact) mass is 567 g/mol. The van der Waals surface area contributed by atoms with Crippen LogP contribution in [0.25, 0.3) is 11.3 Å². The summed E-state index contributed by atoms with van der Waals surface area (Å²) < 4.78 is 50.7. The maximum atomic E-state index is 15.2. The number of likely N-dealkylation sites (tertiary alicyclic amines) is 1. The van der Waals surface area contributed by atoms with Crippen molar-refractivity contribution in [1.29, 1.82) is 0 Å². The van der Waals surface area contributed by atoms with E-state index in [4.69, 9.17) is 4.74 Å². The first-order valence-corrected chi connectivity index (χ1v) is 14.1. The average molecular weight is 568 g/mol. The molecule has 3 aromatic rings.